The molecule has 0 aliphatic rings. The van der Waals surface area contributed by atoms with Crippen LogP contribution >= 0.6 is 22.6 Å². The van der Waals surface area contributed by atoms with Gasteiger partial charge in [0.25, 0.3) is 6.43 Å². The zero-order chi connectivity index (χ0) is 10.7. The molecule has 0 aromatic carbocycles. The molecule has 72 valence electrons. The van der Waals surface area contributed by atoms with Crippen LogP contribution in [-0.2, 0) is 0 Å². The molecule has 0 radical (unpaired) electrons. The first-order valence-electron chi connectivity index (χ1n) is 3.43. The molecule has 0 unspecified atom stereocenters. The maximum Gasteiger partial charge on any atom is 0.267 e. The Hall–Kier alpha value is -1.10. The smallest absolute Gasteiger partial charge is 0.267 e. The second-order valence-corrected chi connectivity index (χ2v) is 3.34. The summed E-state index contributed by atoms with van der Waals surface area (Å²) in [6.07, 6.45) is -1.44. The molecule has 6 heteroatoms. The summed E-state index contributed by atoms with van der Waals surface area (Å²) < 4.78 is 25.0. The molecule has 3 nitrogen and oxygen atoms in total. The molecular weight excluding hydrogens is 305 g/mol. The predicted octanol–water partition coefficient (Wildman–Crippen LogP) is 2.31. The van der Waals surface area contributed by atoms with Crippen LogP contribution in [0.25, 0.3) is 0 Å². The topological polar surface area (TPSA) is 53.8 Å². The minimum Gasteiger partial charge on any atom is -0.298 e. The van der Waals surface area contributed by atoms with Crippen molar-refractivity contribution in [3.8, 4) is 6.07 Å². The van der Waals surface area contributed by atoms with E-state index in [1.165, 1.54) is 0 Å². The van der Waals surface area contributed by atoms with E-state index in [2.05, 4.69) is 4.98 Å². The van der Waals surface area contributed by atoms with Gasteiger partial charge in [0, 0.05) is 11.8 Å². The highest BCUT2D eigenvalue weighted by Crippen LogP contribution is 2.27. The first-order valence-corrected chi connectivity index (χ1v) is 4.51. The molecule has 0 aliphatic heterocycles. The molecule has 0 bridgehead atoms. The first kappa shape index (κ1) is 11.0. The van der Waals surface area contributed by atoms with Crippen LogP contribution in [0.3, 0.4) is 0 Å². The first-order chi connectivity index (χ1) is 6.61. The van der Waals surface area contributed by atoms with Gasteiger partial charge in [-0.15, -0.1) is 0 Å². The SMILES string of the molecule is N#Cc1cnc(I)c(C(F)F)c1C=O. The van der Waals surface area contributed by atoms with Gasteiger partial charge in [-0.3, -0.25) is 4.79 Å². The van der Waals surface area contributed by atoms with E-state index in [9.17, 15) is 13.6 Å². The van der Waals surface area contributed by atoms with Gasteiger partial charge in [0.1, 0.15) is 9.77 Å². The van der Waals surface area contributed by atoms with Crippen molar-refractivity contribution in [1.29, 1.82) is 5.26 Å². The second kappa shape index (κ2) is 4.41. The number of pyridine rings is 1. The third-order valence-electron chi connectivity index (χ3n) is 1.57. The lowest BCUT2D eigenvalue weighted by molar-refractivity contribution is 0.110. The number of rotatable bonds is 2. The summed E-state index contributed by atoms with van der Waals surface area (Å²) in [5, 5.41) is 8.55. The number of nitriles is 1. The number of alkyl halides is 2. The van der Waals surface area contributed by atoms with Gasteiger partial charge in [-0.05, 0) is 22.6 Å². The van der Waals surface area contributed by atoms with E-state index < -0.39 is 12.0 Å². The van der Waals surface area contributed by atoms with Gasteiger partial charge >= 0.3 is 0 Å². The molecule has 0 amide bonds. The van der Waals surface area contributed by atoms with Gasteiger partial charge in [-0.1, -0.05) is 0 Å². The Labute approximate surface area is 91.9 Å². The lowest BCUT2D eigenvalue weighted by Crippen LogP contribution is -2.02. The number of aldehydes is 1. The van der Waals surface area contributed by atoms with E-state index in [1.54, 1.807) is 28.7 Å². The fourth-order valence-corrected chi connectivity index (χ4v) is 1.61. The Morgan fingerprint density at radius 3 is 2.71 bits per heavy atom. The molecule has 1 rings (SSSR count). The van der Waals surface area contributed by atoms with Crippen LogP contribution < -0.4 is 0 Å². The maximum atomic E-state index is 12.5. The lowest BCUT2D eigenvalue weighted by atomic mass is 10.1. The Balaban J connectivity index is 3.52. The number of hydrogen-bond donors (Lipinski definition) is 0. The van der Waals surface area contributed by atoms with E-state index in [-0.39, 0.29) is 21.1 Å². The Morgan fingerprint density at radius 2 is 2.29 bits per heavy atom. The van der Waals surface area contributed by atoms with Crippen molar-refractivity contribution in [2.45, 2.75) is 6.43 Å². The molecule has 0 saturated carbocycles. The molecule has 1 aromatic heterocycles. The van der Waals surface area contributed by atoms with Crippen molar-refractivity contribution in [2.24, 2.45) is 0 Å². The standard InChI is InChI=1S/C8H3F2IN2O/c9-7(10)6-5(3-14)4(1-12)2-13-8(6)11/h2-3,7H. The van der Waals surface area contributed by atoms with Crippen molar-refractivity contribution in [3.05, 3.63) is 26.6 Å². The van der Waals surface area contributed by atoms with E-state index in [4.69, 9.17) is 5.26 Å². The van der Waals surface area contributed by atoms with Gasteiger partial charge in [0.05, 0.1) is 11.1 Å². The van der Waals surface area contributed by atoms with E-state index in [1.807, 2.05) is 0 Å². The monoisotopic (exact) mass is 308 g/mol. The number of hydrogen-bond acceptors (Lipinski definition) is 3. The van der Waals surface area contributed by atoms with Crippen molar-refractivity contribution in [1.82, 2.24) is 4.98 Å². The molecule has 0 saturated heterocycles. The third-order valence-corrected chi connectivity index (χ3v) is 2.43. The largest absolute Gasteiger partial charge is 0.298 e. The quantitative estimate of drug-likeness (QED) is 0.478. The van der Waals surface area contributed by atoms with Gasteiger partial charge < -0.3 is 0 Å². The molecule has 0 aliphatic carbocycles. The summed E-state index contributed by atoms with van der Waals surface area (Å²) in [6.45, 7) is 0. The van der Waals surface area contributed by atoms with Crippen LogP contribution in [0.1, 0.15) is 27.9 Å². The molecule has 14 heavy (non-hydrogen) atoms. The second-order valence-electron chi connectivity index (χ2n) is 2.32. The highest BCUT2D eigenvalue weighted by Gasteiger charge is 2.20. The van der Waals surface area contributed by atoms with Crippen molar-refractivity contribution in [2.75, 3.05) is 0 Å². The van der Waals surface area contributed by atoms with Crippen LogP contribution in [0.15, 0.2) is 6.20 Å². The van der Waals surface area contributed by atoms with Crippen molar-refractivity contribution in [3.63, 3.8) is 0 Å². The zero-order valence-corrected chi connectivity index (χ0v) is 8.83. The van der Waals surface area contributed by atoms with E-state index >= 15 is 0 Å². The van der Waals surface area contributed by atoms with E-state index in [0.29, 0.717) is 0 Å². The van der Waals surface area contributed by atoms with Crippen LogP contribution in [0, 0.1) is 15.0 Å². The minimum absolute atomic E-state index is 0.0405. The van der Waals surface area contributed by atoms with Gasteiger partial charge in [-0.2, -0.15) is 5.26 Å². The summed E-state index contributed by atoms with van der Waals surface area (Å²) in [4.78, 5) is 14.2. The average Bonchev–Trinajstić information content (AvgIpc) is 2.16. The maximum absolute atomic E-state index is 12.5. The molecule has 0 N–H and O–H groups in total. The number of halogens is 3. The molecule has 1 heterocycles. The fraction of sp³-hybridized carbons (Fsp3) is 0.125. The molecule has 1 aromatic rings. The van der Waals surface area contributed by atoms with Crippen LogP contribution in [0.5, 0.6) is 0 Å². The summed E-state index contributed by atoms with van der Waals surface area (Å²) in [7, 11) is 0. The fourth-order valence-electron chi connectivity index (χ4n) is 0.940. The normalized spacial score (nSPS) is 9.93. The minimum atomic E-state index is -2.80. The number of carbonyl (C=O) groups is 1. The third kappa shape index (κ3) is 1.87. The predicted molar refractivity (Wildman–Crippen MR) is 52.0 cm³/mol. The summed E-state index contributed by atoms with van der Waals surface area (Å²) in [6, 6.07) is 1.64. The number of carbonyl (C=O) groups excluding carboxylic acids is 1. The van der Waals surface area contributed by atoms with Crippen LogP contribution in [0.2, 0.25) is 0 Å². The summed E-state index contributed by atoms with van der Waals surface area (Å²) in [5.41, 5.74) is -0.878. The molecule has 0 fully saturated rings. The zero-order valence-electron chi connectivity index (χ0n) is 6.67. The van der Waals surface area contributed by atoms with E-state index in [0.717, 1.165) is 6.20 Å². The highest BCUT2D eigenvalue weighted by molar-refractivity contribution is 14.1. The highest BCUT2D eigenvalue weighted by atomic mass is 127. The molecule has 0 atom stereocenters. The summed E-state index contributed by atoms with van der Waals surface area (Å²) in [5.74, 6) is 0. The van der Waals surface area contributed by atoms with Crippen molar-refractivity contribution < 1.29 is 13.6 Å². The Kier molecular flexibility index (Phi) is 3.46. The Morgan fingerprint density at radius 1 is 1.64 bits per heavy atom. The number of nitrogens with zero attached hydrogens (tertiary/aromatic N) is 2. The summed E-state index contributed by atoms with van der Waals surface area (Å²) >= 11 is 1.60. The van der Waals surface area contributed by atoms with Crippen molar-refractivity contribution >= 4 is 28.9 Å². The molecule has 0 spiro atoms. The van der Waals surface area contributed by atoms with Gasteiger partial charge in [-0.25, -0.2) is 13.8 Å². The van der Waals surface area contributed by atoms with Gasteiger partial charge in [0.15, 0.2) is 6.29 Å². The van der Waals surface area contributed by atoms with Gasteiger partial charge in [0.2, 0.25) is 0 Å². The average molecular weight is 308 g/mol. The molecular formula is C8H3F2IN2O. The van der Waals surface area contributed by atoms with Crippen LogP contribution in [0.4, 0.5) is 8.78 Å². The lowest BCUT2D eigenvalue weighted by Gasteiger charge is -2.06. The van der Waals surface area contributed by atoms with Crippen LogP contribution in [-0.4, -0.2) is 11.3 Å². The number of aromatic nitrogens is 1. The Bertz CT molecular complexity index is 415.